The number of hydrogen-bond donors (Lipinski definition) is 0. The van der Waals surface area contributed by atoms with Gasteiger partial charge in [0.2, 0.25) is 0 Å². The van der Waals surface area contributed by atoms with Crippen molar-refractivity contribution in [2.75, 3.05) is 14.1 Å². The standard InChI is InChI=1S/C12H26NO.2CH3.In/c1-11(2,3)9(13(7)8)10(14)12(4,5)6;;;/h9-10H,1-8H3;2*1H3;/q-1;;;+1. The van der Waals surface area contributed by atoms with Gasteiger partial charge in [-0.1, -0.05) is 0 Å². The Kier molecular flexibility index (Phi) is 6.59. The number of nitrogens with zero attached hydrogens (tertiary/aromatic N) is 1. The van der Waals surface area contributed by atoms with Crippen LogP contribution in [0.1, 0.15) is 41.5 Å². The quantitative estimate of drug-likeness (QED) is 0.771. The molecule has 0 aromatic heterocycles. The second-order valence-corrected chi connectivity index (χ2v) is 14.5. The van der Waals surface area contributed by atoms with Gasteiger partial charge in [-0.15, -0.1) is 0 Å². The Bertz CT molecular complexity index is 225. The van der Waals surface area contributed by atoms with Gasteiger partial charge in [0.25, 0.3) is 0 Å². The number of rotatable bonds is 4. The number of likely N-dealkylation sites (N-methyl/N-ethyl adjacent to an activating group) is 1. The molecule has 0 aliphatic heterocycles. The zero-order chi connectivity index (χ0) is 14.0. The van der Waals surface area contributed by atoms with Crippen LogP contribution in [0.4, 0.5) is 0 Å². The van der Waals surface area contributed by atoms with Crippen molar-refractivity contribution in [3.8, 4) is 0 Å². The minimum absolute atomic E-state index is 0.198. The van der Waals surface area contributed by atoms with E-state index in [1.807, 2.05) is 0 Å². The van der Waals surface area contributed by atoms with Gasteiger partial charge in [0.15, 0.2) is 0 Å². The molecule has 0 aliphatic rings. The third-order valence-corrected chi connectivity index (χ3v) is 5.39. The van der Waals surface area contributed by atoms with E-state index in [1.54, 1.807) is 0 Å². The van der Waals surface area contributed by atoms with Crippen LogP contribution in [0.15, 0.2) is 0 Å². The fourth-order valence-electron chi connectivity index (χ4n) is 2.54. The molecule has 0 aromatic carbocycles. The molecule has 0 saturated carbocycles. The van der Waals surface area contributed by atoms with Crippen molar-refractivity contribution in [3.05, 3.63) is 0 Å². The topological polar surface area (TPSA) is 12.5 Å². The summed E-state index contributed by atoms with van der Waals surface area (Å²) in [6.45, 7) is 13.8. The molecule has 0 radical (unpaired) electrons. The normalized spacial score (nSPS) is 17.1. The maximum atomic E-state index is 6.43. The van der Waals surface area contributed by atoms with Crippen LogP contribution in [-0.2, 0) is 2.85 Å². The first kappa shape index (κ1) is 17.8. The van der Waals surface area contributed by atoms with Crippen LogP contribution in [0.2, 0.25) is 9.36 Å². The van der Waals surface area contributed by atoms with Crippen molar-refractivity contribution >= 4 is 21.9 Å². The molecule has 0 saturated heterocycles. The van der Waals surface area contributed by atoms with E-state index in [1.165, 1.54) is 0 Å². The first-order valence-electron chi connectivity index (χ1n) is 6.69. The SMILES string of the molecule is CN(C)C(C([O][In]([CH3])[CH3])C(C)(C)C)C(C)(C)C. The van der Waals surface area contributed by atoms with Gasteiger partial charge >= 0.3 is 118 Å². The van der Waals surface area contributed by atoms with Gasteiger partial charge in [-0.25, -0.2) is 0 Å². The van der Waals surface area contributed by atoms with Gasteiger partial charge in [-0.3, -0.25) is 0 Å². The Hall–Kier alpha value is 0.790. The third kappa shape index (κ3) is 5.98. The molecule has 0 heterocycles. The van der Waals surface area contributed by atoms with Gasteiger partial charge in [0.05, 0.1) is 0 Å². The second-order valence-electron chi connectivity index (χ2n) is 7.75. The summed E-state index contributed by atoms with van der Waals surface area (Å²) in [5.41, 5.74) is 0.436. The summed E-state index contributed by atoms with van der Waals surface area (Å²) < 4.78 is 11.1. The Balaban J connectivity index is 5.24. The molecule has 0 N–H and O–H groups in total. The van der Waals surface area contributed by atoms with Gasteiger partial charge in [-0.05, 0) is 0 Å². The summed E-state index contributed by atoms with van der Waals surface area (Å²) >= 11 is -1.69. The zero-order valence-corrected chi connectivity index (χ0v) is 16.9. The molecule has 0 bridgehead atoms. The summed E-state index contributed by atoms with van der Waals surface area (Å²) in [5, 5.41) is 0. The van der Waals surface area contributed by atoms with E-state index < -0.39 is 21.9 Å². The summed E-state index contributed by atoms with van der Waals surface area (Å²) in [4.78, 5) is 2.34. The molecular formula is C14H32InNO. The summed E-state index contributed by atoms with van der Waals surface area (Å²) in [7, 11) is 4.35. The Morgan fingerprint density at radius 1 is 0.882 bits per heavy atom. The number of hydrogen-bond acceptors (Lipinski definition) is 2. The molecular weight excluding hydrogens is 313 g/mol. The zero-order valence-electron chi connectivity index (χ0n) is 13.6. The minimum atomic E-state index is -1.69. The molecule has 0 aromatic rings. The van der Waals surface area contributed by atoms with E-state index in [-0.39, 0.29) is 10.8 Å². The third-order valence-electron chi connectivity index (χ3n) is 3.00. The van der Waals surface area contributed by atoms with E-state index in [9.17, 15) is 0 Å². The van der Waals surface area contributed by atoms with Gasteiger partial charge in [0.1, 0.15) is 0 Å². The van der Waals surface area contributed by atoms with Crippen molar-refractivity contribution < 1.29 is 2.85 Å². The Morgan fingerprint density at radius 2 is 1.29 bits per heavy atom. The first-order valence-corrected chi connectivity index (χ1v) is 14.6. The van der Waals surface area contributed by atoms with Crippen LogP contribution < -0.4 is 0 Å². The van der Waals surface area contributed by atoms with E-state index in [0.29, 0.717) is 12.1 Å². The predicted molar refractivity (Wildman–Crippen MR) is 78.7 cm³/mol. The van der Waals surface area contributed by atoms with Crippen LogP contribution >= 0.6 is 0 Å². The maximum absolute atomic E-state index is 6.43. The van der Waals surface area contributed by atoms with Crippen molar-refractivity contribution in [2.24, 2.45) is 10.8 Å². The molecule has 0 amide bonds. The molecule has 17 heavy (non-hydrogen) atoms. The fraction of sp³-hybridized carbons (Fsp3) is 1.00. The van der Waals surface area contributed by atoms with E-state index in [2.05, 4.69) is 69.9 Å². The van der Waals surface area contributed by atoms with Crippen molar-refractivity contribution in [3.63, 3.8) is 0 Å². The molecule has 0 spiro atoms. The van der Waals surface area contributed by atoms with Crippen LogP contribution in [0.25, 0.3) is 0 Å². The van der Waals surface area contributed by atoms with Gasteiger partial charge in [0, 0.05) is 0 Å². The molecule has 102 valence electrons. The van der Waals surface area contributed by atoms with Crippen LogP contribution in [0.3, 0.4) is 0 Å². The van der Waals surface area contributed by atoms with Crippen molar-refractivity contribution in [1.82, 2.24) is 4.90 Å². The Labute approximate surface area is 117 Å². The van der Waals surface area contributed by atoms with Gasteiger partial charge < -0.3 is 0 Å². The molecule has 0 rings (SSSR count). The van der Waals surface area contributed by atoms with Crippen LogP contribution in [0, 0.1) is 10.8 Å². The molecule has 3 heteroatoms. The summed E-state index contributed by atoms with van der Waals surface area (Å²) in [6, 6.07) is 0.460. The molecule has 2 atom stereocenters. The molecule has 0 aliphatic carbocycles. The van der Waals surface area contributed by atoms with Gasteiger partial charge in [-0.2, -0.15) is 0 Å². The molecule has 0 fully saturated rings. The van der Waals surface area contributed by atoms with Crippen molar-refractivity contribution in [1.29, 1.82) is 0 Å². The van der Waals surface area contributed by atoms with Crippen LogP contribution in [-0.4, -0.2) is 53.0 Å². The first-order chi connectivity index (χ1) is 7.37. The summed E-state index contributed by atoms with van der Waals surface area (Å²) in [5.74, 6) is 0. The molecule has 2 nitrogen and oxygen atoms in total. The van der Waals surface area contributed by atoms with E-state index >= 15 is 0 Å². The predicted octanol–water partition coefficient (Wildman–Crippen LogP) is 3.65. The summed E-state index contributed by atoms with van der Waals surface area (Å²) in [6.07, 6.45) is 0.327. The average Bonchev–Trinajstić information content (AvgIpc) is 1.96. The van der Waals surface area contributed by atoms with Crippen LogP contribution in [0.5, 0.6) is 0 Å². The second kappa shape index (κ2) is 6.29. The van der Waals surface area contributed by atoms with E-state index in [0.717, 1.165) is 0 Å². The van der Waals surface area contributed by atoms with Crippen molar-refractivity contribution in [2.45, 2.75) is 63.0 Å². The fourth-order valence-corrected chi connectivity index (χ4v) is 5.81. The molecule has 2 unspecified atom stereocenters. The average molecular weight is 345 g/mol. The Morgan fingerprint density at radius 3 is 1.47 bits per heavy atom. The monoisotopic (exact) mass is 345 g/mol. The van der Waals surface area contributed by atoms with E-state index in [4.69, 9.17) is 2.85 Å².